The van der Waals surface area contributed by atoms with E-state index in [4.69, 9.17) is 0 Å². The summed E-state index contributed by atoms with van der Waals surface area (Å²) in [6.45, 7) is 2.07. The smallest absolute Gasteiger partial charge is 0.307 e. The lowest BCUT2D eigenvalue weighted by molar-refractivity contribution is -0.144. The molecule has 0 saturated heterocycles. The number of hydrogen-bond acceptors (Lipinski definition) is 2. The molecule has 102 valence electrons. The number of carboxylic acids is 1. The summed E-state index contributed by atoms with van der Waals surface area (Å²) in [7, 11) is 0. The van der Waals surface area contributed by atoms with Gasteiger partial charge in [-0.3, -0.25) is 9.59 Å². The molecule has 1 aliphatic carbocycles. The number of carboxylic acid groups (broad SMARTS) is 1. The van der Waals surface area contributed by atoms with Crippen LogP contribution in [0.1, 0.15) is 48.5 Å². The Labute approximate surface area is 113 Å². The zero-order valence-electron chi connectivity index (χ0n) is 11.3. The molecular weight excluding hydrogens is 240 g/mol. The van der Waals surface area contributed by atoms with E-state index in [2.05, 4.69) is 6.92 Å². The molecule has 1 fully saturated rings. The first-order chi connectivity index (χ1) is 9.13. The number of ketones is 1. The maximum Gasteiger partial charge on any atom is 0.307 e. The topological polar surface area (TPSA) is 54.4 Å². The number of carbonyl (C=O) groups is 2. The van der Waals surface area contributed by atoms with E-state index in [1.54, 1.807) is 0 Å². The van der Waals surface area contributed by atoms with E-state index >= 15 is 0 Å². The molecule has 1 aromatic rings. The molecule has 3 heteroatoms. The second-order valence-electron chi connectivity index (χ2n) is 5.25. The second-order valence-corrected chi connectivity index (χ2v) is 5.25. The molecule has 0 aliphatic heterocycles. The molecule has 0 unspecified atom stereocenters. The Morgan fingerprint density at radius 3 is 2.21 bits per heavy atom. The van der Waals surface area contributed by atoms with E-state index in [0.717, 1.165) is 19.3 Å². The number of aryl methyl sites for hydroxylation is 1. The summed E-state index contributed by atoms with van der Waals surface area (Å²) >= 11 is 0. The Hall–Kier alpha value is -1.64. The Morgan fingerprint density at radius 1 is 1.11 bits per heavy atom. The van der Waals surface area contributed by atoms with E-state index < -0.39 is 11.9 Å². The summed E-state index contributed by atoms with van der Waals surface area (Å²) in [4.78, 5) is 23.7. The minimum absolute atomic E-state index is 0.00486. The fraction of sp³-hybridized carbons (Fsp3) is 0.500. The minimum atomic E-state index is -0.830. The van der Waals surface area contributed by atoms with Gasteiger partial charge in [-0.25, -0.2) is 0 Å². The highest BCUT2D eigenvalue weighted by molar-refractivity contribution is 6.00. The number of aliphatic carboxylic acids is 1. The van der Waals surface area contributed by atoms with E-state index in [0.29, 0.717) is 18.4 Å². The zero-order chi connectivity index (χ0) is 13.8. The lowest BCUT2D eigenvalue weighted by Crippen LogP contribution is -2.32. The van der Waals surface area contributed by atoms with Crippen molar-refractivity contribution in [1.29, 1.82) is 0 Å². The normalized spacial score (nSPS) is 23.0. The van der Waals surface area contributed by atoms with Crippen LogP contribution in [0.15, 0.2) is 24.3 Å². The van der Waals surface area contributed by atoms with E-state index in [-0.39, 0.29) is 11.7 Å². The largest absolute Gasteiger partial charge is 0.481 e. The van der Waals surface area contributed by atoms with Crippen molar-refractivity contribution < 1.29 is 14.7 Å². The van der Waals surface area contributed by atoms with Gasteiger partial charge in [-0.1, -0.05) is 44.0 Å². The predicted molar refractivity (Wildman–Crippen MR) is 73.2 cm³/mol. The highest BCUT2D eigenvalue weighted by Gasteiger charge is 2.35. The summed E-state index contributed by atoms with van der Waals surface area (Å²) in [6, 6.07) is 7.56. The third kappa shape index (κ3) is 3.03. The van der Waals surface area contributed by atoms with Crippen LogP contribution >= 0.6 is 0 Å². The van der Waals surface area contributed by atoms with Crippen molar-refractivity contribution in [3.8, 4) is 0 Å². The highest BCUT2D eigenvalue weighted by Crippen LogP contribution is 2.32. The molecule has 0 spiro atoms. The Balaban J connectivity index is 2.18. The maximum absolute atomic E-state index is 12.5. The Morgan fingerprint density at radius 2 is 1.68 bits per heavy atom. The Kier molecular flexibility index (Phi) is 4.35. The molecule has 0 radical (unpaired) electrons. The third-order valence-corrected chi connectivity index (χ3v) is 4.07. The van der Waals surface area contributed by atoms with Gasteiger partial charge < -0.3 is 5.11 Å². The van der Waals surface area contributed by atoms with Crippen molar-refractivity contribution in [3.63, 3.8) is 0 Å². The first-order valence-corrected chi connectivity index (χ1v) is 6.99. The molecule has 0 amide bonds. The summed E-state index contributed by atoms with van der Waals surface area (Å²) in [6.07, 6.45) is 4.13. The summed E-state index contributed by atoms with van der Waals surface area (Å²) < 4.78 is 0. The van der Waals surface area contributed by atoms with Crippen LogP contribution in [-0.4, -0.2) is 16.9 Å². The van der Waals surface area contributed by atoms with Crippen LogP contribution in [0.3, 0.4) is 0 Å². The number of carbonyl (C=O) groups excluding carboxylic acids is 1. The van der Waals surface area contributed by atoms with Crippen molar-refractivity contribution >= 4 is 11.8 Å². The molecular formula is C16H20O3. The SMILES string of the molecule is CCc1ccc(C(=O)[C@H]2CCCC[C@@H]2C(=O)O)cc1. The van der Waals surface area contributed by atoms with Gasteiger partial charge in [0.1, 0.15) is 0 Å². The zero-order valence-corrected chi connectivity index (χ0v) is 11.3. The van der Waals surface area contributed by atoms with Gasteiger partial charge in [0, 0.05) is 11.5 Å². The van der Waals surface area contributed by atoms with Crippen LogP contribution in [0.25, 0.3) is 0 Å². The lowest BCUT2D eigenvalue weighted by atomic mass is 9.75. The summed E-state index contributed by atoms with van der Waals surface area (Å²) in [5.41, 5.74) is 1.84. The van der Waals surface area contributed by atoms with Crippen molar-refractivity contribution in [3.05, 3.63) is 35.4 Å². The maximum atomic E-state index is 12.5. The van der Waals surface area contributed by atoms with Crippen LogP contribution in [0.4, 0.5) is 0 Å². The number of benzene rings is 1. The van der Waals surface area contributed by atoms with E-state index in [1.807, 2.05) is 24.3 Å². The number of rotatable bonds is 4. The lowest BCUT2D eigenvalue weighted by Gasteiger charge is -2.27. The van der Waals surface area contributed by atoms with Crippen molar-refractivity contribution in [1.82, 2.24) is 0 Å². The first kappa shape index (κ1) is 13.8. The van der Waals surface area contributed by atoms with Crippen LogP contribution in [0.2, 0.25) is 0 Å². The van der Waals surface area contributed by atoms with Gasteiger partial charge in [-0.15, -0.1) is 0 Å². The van der Waals surface area contributed by atoms with E-state index in [9.17, 15) is 14.7 Å². The van der Waals surface area contributed by atoms with Crippen LogP contribution < -0.4 is 0 Å². The predicted octanol–water partition coefficient (Wildman–Crippen LogP) is 3.32. The standard InChI is InChI=1S/C16H20O3/c1-2-11-7-9-12(10-8-11)15(17)13-5-3-4-6-14(13)16(18)19/h7-10,13-14H,2-6H2,1H3,(H,18,19)/t13-,14-/m0/s1. The molecule has 0 bridgehead atoms. The highest BCUT2D eigenvalue weighted by atomic mass is 16.4. The Bertz CT molecular complexity index is 461. The van der Waals surface area contributed by atoms with Gasteiger partial charge in [0.2, 0.25) is 0 Å². The average Bonchev–Trinajstić information content (AvgIpc) is 2.46. The fourth-order valence-corrected chi connectivity index (χ4v) is 2.86. The van der Waals surface area contributed by atoms with Crippen molar-refractivity contribution in [2.75, 3.05) is 0 Å². The minimum Gasteiger partial charge on any atom is -0.481 e. The second kappa shape index (κ2) is 6.00. The van der Waals surface area contributed by atoms with Gasteiger partial charge in [0.15, 0.2) is 5.78 Å². The molecule has 2 atom stereocenters. The molecule has 1 saturated carbocycles. The monoisotopic (exact) mass is 260 g/mol. The van der Waals surface area contributed by atoms with Crippen LogP contribution in [0, 0.1) is 11.8 Å². The van der Waals surface area contributed by atoms with Gasteiger partial charge >= 0.3 is 5.97 Å². The summed E-state index contributed by atoms with van der Waals surface area (Å²) in [5, 5.41) is 9.23. The fourth-order valence-electron chi connectivity index (χ4n) is 2.86. The number of Topliss-reactive ketones (excluding diaryl/α,β-unsaturated/α-hetero) is 1. The third-order valence-electron chi connectivity index (χ3n) is 4.07. The molecule has 1 aliphatic rings. The number of hydrogen-bond donors (Lipinski definition) is 1. The summed E-state index contributed by atoms with van der Waals surface area (Å²) in [5.74, 6) is -1.69. The average molecular weight is 260 g/mol. The van der Waals surface area contributed by atoms with Gasteiger partial charge in [-0.2, -0.15) is 0 Å². The molecule has 3 nitrogen and oxygen atoms in total. The molecule has 0 heterocycles. The van der Waals surface area contributed by atoms with Gasteiger partial charge in [0.25, 0.3) is 0 Å². The molecule has 2 rings (SSSR count). The van der Waals surface area contributed by atoms with Gasteiger partial charge in [-0.05, 0) is 24.8 Å². The first-order valence-electron chi connectivity index (χ1n) is 6.99. The van der Waals surface area contributed by atoms with Crippen molar-refractivity contribution in [2.45, 2.75) is 39.0 Å². The van der Waals surface area contributed by atoms with Crippen LogP contribution in [0.5, 0.6) is 0 Å². The quantitative estimate of drug-likeness (QED) is 0.845. The van der Waals surface area contributed by atoms with Crippen LogP contribution in [-0.2, 0) is 11.2 Å². The molecule has 19 heavy (non-hydrogen) atoms. The van der Waals surface area contributed by atoms with Gasteiger partial charge in [0.05, 0.1) is 5.92 Å². The molecule has 0 aromatic heterocycles. The molecule has 1 aromatic carbocycles. The molecule has 1 N–H and O–H groups in total. The van der Waals surface area contributed by atoms with Crippen molar-refractivity contribution in [2.24, 2.45) is 11.8 Å². The van der Waals surface area contributed by atoms with E-state index in [1.165, 1.54) is 5.56 Å².